The Morgan fingerprint density at radius 1 is 1.38 bits per heavy atom. The quantitative estimate of drug-likeness (QED) is 0.648. The van der Waals surface area contributed by atoms with Crippen LogP contribution in [-0.2, 0) is 4.79 Å². The first-order chi connectivity index (χ1) is 10.1. The molecule has 3 N–H and O–H groups in total. The fraction of sp³-hybridized carbons (Fsp3) is 0.600. The fourth-order valence-electron chi connectivity index (χ4n) is 2.25. The van der Waals surface area contributed by atoms with Crippen LogP contribution in [0.15, 0.2) is 24.4 Å². The van der Waals surface area contributed by atoms with Gasteiger partial charge >= 0.3 is 6.03 Å². The molecule has 0 aliphatic carbocycles. The molecule has 1 aliphatic rings. The smallest absolute Gasteiger partial charge is 0.317 e. The van der Waals surface area contributed by atoms with Crippen molar-refractivity contribution in [2.45, 2.75) is 19.8 Å². The van der Waals surface area contributed by atoms with Crippen molar-refractivity contribution in [3.05, 3.63) is 24.4 Å². The predicted molar refractivity (Wildman–Crippen MR) is 87.9 cm³/mol. The van der Waals surface area contributed by atoms with Gasteiger partial charge in [0.25, 0.3) is 0 Å². The van der Waals surface area contributed by atoms with Crippen molar-refractivity contribution in [2.75, 3.05) is 33.2 Å². The number of carbonyl (C=O) groups excluding carboxylic acids is 2. The first kappa shape index (κ1) is 17.1. The van der Waals surface area contributed by atoms with E-state index in [9.17, 15) is 9.59 Å². The molecule has 1 saturated heterocycles. The Morgan fingerprint density at radius 3 is 2.57 bits per heavy atom. The van der Waals surface area contributed by atoms with E-state index in [-0.39, 0.29) is 20.7 Å². The highest BCUT2D eigenvalue weighted by Gasteiger charge is 2.26. The van der Waals surface area contributed by atoms with Crippen LogP contribution >= 0.6 is 0 Å². The summed E-state index contributed by atoms with van der Waals surface area (Å²) in [5.41, 5.74) is 0.952. The number of piperidine rings is 1. The van der Waals surface area contributed by atoms with Crippen molar-refractivity contribution in [3.8, 4) is 0 Å². The molecule has 0 atom stereocenters. The van der Waals surface area contributed by atoms with Crippen molar-refractivity contribution < 1.29 is 12.4 Å². The second kappa shape index (κ2) is 9.05. The lowest BCUT2D eigenvalue weighted by Crippen LogP contribution is -2.46. The van der Waals surface area contributed by atoms with E-state index in [1.807, 2.05) is 13.1 Å². The minimum Gasteiger partial charge on any atom is -0.391 e. The third-order valence-corrected chi connectivity index (χ3v) is 3.59. The topological polar surface area (TPSA) is 73.5 Å². The normalized spacial score (nSPS) is 16.3. The molecule has 0 unspecified atom stereocenters. The maximum atomic E-state index is 12.1. The molecule has 1 fully saturated rings. The summed E-state index contributed by atoms with van der Waals surface area (Å²) in [6.07, 6.45) is 5.01. The molecule has 0 bridgehead atoms. The highest BCUT2D eigenvalue weighted by Crippen LogP contribution is 2.17. The third kappa shape index (κ3) is 5.49. The Labute approximate surface area is 129 Å². The molecule has 6 nitrogen and oxygen atoms in total. The lowest BCUT2D eigenvalue weighted by atomic mass is 9.96. The first-order valence-electron chi connectivity index (χ1n) is 7.41. The van der Waals surface area contributed by atoms with Gasteiger partial charge in [0.15, 0.2) is 0 Å². The van der Waals surface area contributed by atoms with Crippen LogP contribution in [-0.4, -0.2) is 50.1 Å². The Morgan fingerprint density at radius 2 is 2.05 bits per heavy atom. The van der Waals surface area contributed by atoms with Crippen LogP contribution < -0.4 is 16.0 Å². The second-order valence-electron chi connectivity index (χ2n) is 5.02. The Bertz CT molecular complexity index is 408. The van der Waals surface area contributed by atoms with Crippen molar-refractivity contribution in [1.29, 1.82) is 0 Å². The summed E-state index contributed by atoms with van der Waals surface area (Å²) in [5, 5.41) is 8.63. The van der Waals surface area contributed by atoms with E-state index in [2.05, 4.69) is 22.5 Å². The summed E-state index contributed by atoms with van der Waals surface area (Å²) in [5.74, 6) is 0.0342. The number of likely N-dealkylation sites (tertiary alicyclic amines) is 1. The highest BCUT2D eigenvalue weighted by molar-refractivity contribution is 5.80. The summed E-state index contributed by atoms with van der Waals surface area (Å²) in [4.78, 5) is 25.4. The molecule has 1 aliphatic heterocycles. The molecule has 122 valence electrons. The first-order valence-corrected chi connectivity index (χ1v) is 7.41. The van der Waals surface area contributed by atoms with Gasteiger partial charge in [-0.25, -0.2) is 4.79 Å². The van der Waals surface area contributed by atoms with Crippen LogP contribution in [0, 0.1) is 5.92 Å². The average Bonchev–Trinajstić information content (AvgIpc) is 2.54. The lowest BCUT2D eigenvalue weighted by Gasteiger charge is -2.31. The fourth-order valence-corrected chi connectivity index (χ4v) is 2.25. The Balaban J connectivity index is 0. The molecule has 1 rings (SSSR count). The summed E-state index contributed by atoms with van der Waals surface area (Å²) >= 11 is 0. The van der Waals surface area contributed by atoms with Gasteiger partial charge in [-0.1, -0.05) is 12.7 Å². The molecule has 0 saturated carbocycles. The van der Waals surface area contributed by atoms with E-state index in [0.29, 0.717) is 32.5 Å². The number of nitrogens with zero attached hydrogens (tertiary/aromatic N) is 1. The van der Waals surface area contributed by atoms with Crippen molar-refractivity contribution >= 4 is 11.9 Å². The molecule has 0 radical (unpaired) electrons. The van der Waals surface area contributed by atoms with E-state index < -0.39 is 0 Å². The molecule has 21 heavy (non-hydrogen) atoms. The monoisotopic (exact) mass is 298 g/mol. The summed E-state index contributed by atoms with van der Waals surface area (Å²) in [7, 11) is 1.62. The van der Waals surface area contributed by atoms with Crippen LogP contribution in [0.25, 0.3) is 0 Å². The largest absolute Gasteiger partial charge is 0.391 e. The van der Waals surface area contributed by atoms with E-state index in [4.69, 9.17) is 0 Å². The number of amides is 3. The molecular formula is C15H30N4O2. The molecule has 3 amide bonds. The van der Waals surface area contributed by atoms with Gasteiger partial charge < -0.3 is 20.9 Å². The molecular weight excluding hydrogens is 268 g/mol. The maximum absolute atomic E-state index is 12.1. The van der Waals surface area contributed by atoms with Gasteiger partial charge in [0.05, 0.1) is 0 Å². The minimum absolute atomic E-state index is 0. The third-order valence-electron chi connectivity index (χ3n) is 3.59. The van der Waals surface area contributed by atoms with Crippen LogP contribution in [0.5, 0.6) is 0 Å². The van der Waals surface area contributed by atoms with E-state index in [1.54, 1.807) is 18.0 Å². The van der Waals surface area contributed by atoms with E-state index in [0.717, 1.165) is 12.1 Å². The second-order valence-corrected chi connectivity index (χ2v) is 5.02. The zero-order chi connectivity index (χ0) is 15.7. The van der Waals surface area contributed by atoms with Crippen LogP contribution in [0.1, 0.15) is 22.6 Å². The average molecular weight is 298 g/mol. The van der Waals surface area contributed by atoms with Crippen LogP contribution in [0.2, 0.25) is 0 Å². The van der Waals surface area contributed by atoms with Crippen molar-refractivity contribution in [2.24, 2.45) is 5.92 Å². The Kier molecular flexibility index (Phi) is 7.36. The zero-order valence-corrected chi connectivity index (χ0v) is 12.9. The minimum atomic E-state index is -0.0728. The molecule has 0 aromatic heterocycles. The van der Waals surface area contributed by atoms with Gasteiger partial charge in [-0.3, -0.25) is 4.79 Å². The summed E-state index contributed by atoms with van der Waals surface area (Å²) < 4.78 is 0. The molecule has 0 aromatic carbocycles. The van der Waals surface area contributed by atoms with Gasteiger partial charge in [0, 0.05) is 48.2 Å². The predicted octanol–water partition coefficient (Wildman–Crippen LogP) is 1.33. The van der Waals surface area contributed by atoms with E-state index >= 15 is 0 Å². The van der Waals surface area contributed by atoms with Gasteiger partial charge in [-0.15, -0.1) is 0 Å². The number of hydrogen-bond donors (Lipinski definition) is 3. The van der Waals surface area contributed by atoms with Gasteiger partial charge in [0.1, 0.15) is 0 Å². The number of rotatable bonds is 6. The summed E-state index contributed by atoms with van der Waals surface area (Å²) in [6, 6.07) is -0.0728. The van der Waals surface area contributed by atoms with Crippen molar-refractivity contribution in [3.63, 3.8) is 0 Å². The highest BCUT2D eigenvalue weighted by atomic mass is 16.2. The number of urea groups is 1. The van der Waals surface area contributed by atoms with Crippen LogP contribution in [0.3, 0.4) is 0 Å². The van der Waals surface area contributed by atoms with Gasteiger partial charge in [-0.05, 0) is 25.3 Å². The van der Waals surface area contributed by atoms with Crippen molar-refractivity contribution in [1.82, 2.24) is 20.9 Å². The number of hydrogen-bond acceptors (Lipinski definition) is 3. The van der Waals surface area contributed by atoms with Gasteiger partial charge in [0.2, 0.25) is 5.91 Å². The SMILES string of the molecule is C=C/C(=C\NCC)CNC(=O)C1CCN(C(=O)NC)CC1.[HH].[HH]. The number of nitrogens with one attached hydrogen (secondary N) is 3. The maximum Gasteiger partial charge on any atom is 0.317 e. The van der Waals surface area contributed by atoms with E-state index in [1.165, 1.54) is 0 Å². The summed E-state index contributed by atoms with van der Waals surface area (Å²) in [6.45, 7) is 8.30. The Hall–Kier alpha value is -1.98. The standard InChI is InChI=1S/C15H26N4O2.2H2/c1-4-12(10-17-5-2)11-18-14(20)13-6-8-19(9-7-13)15(21)16-3;;/h4,10,13,17H,1,5-9,11H2,2-3H3,(H,16,21)(H,18,20);2*1H/b12-10+;;. The zero-order valence-electron chi connectivity index (χ0n) is 12.9. The van der Waals surface area contributed by atoms with Crippen LogP contribution in [0.4, 0.5) is 4.79 Å². The molecule has 6 heteroatoms. The molecule has 0 spiro atoms. The molecule has 0 aromatic rings. The lowest BCUT2D eigenvalue weighted by molar-refractivity contribution is -0.126. The number of carbonyl (C=O) groups is 2. The molecule has 1 heterocycles. The van der Waals surface area contributed by atoms with Gasteiger partial charge in [-0.2, -0.15) is 0 Å².